The zero-order valence-electron chi connectivity index (χ0n) is 12.1. The second kappa shape index (κ2) is 6.92. The molecular formula is C14H24N2O4. The number of carboxylic acids is 1. The summed E-state index contributed by atoms with van der Waals surface area (Å²) in [4.78, 5) is 27.1. The first-order valence-corrected chi connectivity index (χ1v) is 7.37. The lowest BCUT2D eigenvalue weighted by molar-refractivity contribution is -0.143. The van der Waals surface area contributed by atoms with E-state index in [1.807, 2.05) is 4.90 Å². The van der Waals surface area contributed by atoms with Crippen LogP contribution in [0.5, 0.6) is 0 Å². The van der Waals surface area contributed by atoms with Crippen LogP contribution < -0.4 is 0 Å². The Bertz CT molecular complexity index is 351. The Balaban J connectivity index is 1.84. The topological polar surface area (TPSA) is 70.1 Å². The molecule has 0 aromatic heterocycles. The van der Waals surface area contributed by atoms with Crippen LogP contribution >= 0.6 is 0 Å². The molecule has 0 aromatic carbocycles. The van der Waals surface area contributed by atoms with Gasteiger partial charge in [0.2, 0.25) is 0 Å². The molecule has 0 aromatic rings. The van der Waals surface area contributed by atoms with Gasteiger partial charge in [0.25, 0.3) is 0 Å². The summed E-state index contributed by atoms with van der Waals surface area (Å²) in [5.74, 6) is -0.605. The molecule has 2 aliphatic heterocycles. The van der Waals surface area contributed by atoms with Crippen LogP contribution in [-0.2, 0) is 9.53 Å². The molecule has 2 heterocycles. The van der Waals surface area contributed by atoms with Crippen molar-refractivity contribution < 1.29 is 19.4 Å². The Hall–Kier alpha value is -1.30. The number of rotatable bonds is 3. The maximum atomic E-state index is 12.4. The van der Waals surface area contributed by atoms with Crippen LogP contribution in [0.2, 0.25) is 0 Å². The zero-order valence-corrected chi connectivity index (χ0v) is 12.1. The van der Waals surface area contributed by atoms with Crippen LogP contribution in [0.15, 0.2) is 0 Å². The van der Waals surface area contributed by atoms with Gasteiger partial charge in [-0.15, -0.1) is 0 Å². The largest absolute Gasteiger partial charge is 0.481 e. The normalized spacial score (nSPS) is 24.8. The van der Waals surface area contributed by atoms with Gasteiger partial charge in [-0.2, -0.15) is 0 Å². The summed E-state index contributed by atoms with van der Waals surface area (Å²) in [6, 6.07) is 0.0645. The number of urea groups is 1. The van der Waals surface area contributed by atoms with Gasteiger partial charge in [-0.25, -0.2) is 4.79 Å². The minimum absolute atomic E-state index is 0.0645. The molecule has 1 N–H and O–H groups in total. The van der Waals surface area contributed by atoms with Crippen LogP contribution in [0.4, 0.5) is 4.79 Å². The van der Waals surface area contributed by atoms with Crippen molar-refractivity contribution in [2.75, 3.05) is 39.9 Å². The average molecular weight is 284 g/mol. The number of carbonyl (C=O) groups excluding carboxylic acids is 1. The molecule has 2 saturated heterocycles. The molecular weight excluding hydrogens is 260 g/mol. The summed E-state index contributed by atoms with van der Waals surface area (Å²) in [6.45, 7) is 3.37. The average Bonchev–Trinajstić information content (AvgIpc) is 2.47. The molecule has 1 unspecified atom stereocenters. The molecule has 2 aliphatic rings. The quantitative estimate of drug-likeness (QED) is 0.847. The van der Waals surface area contributed by atoms with Gasteiger partial charge >= 0.3 is 12.0 Å². The number of nitrogens with zero attached hydrogens (tertiary/aromatic N) is 2. The van der Waals surface area contributed by atoms with Crippen molar-refractivity contribution in [2.45, 2.75) is 25.7 Å². The van der Waals surface area contributed by atoms with Gasteiger partial charge < -0.3 is 19.6 Å². The van der Waals surface area contributed by atoms with E-state index in [0.717, 1.165) is 25.9 Å². The number of methoxy groups -OCH3 is 1. The smallest absolute Gasteiger partial charge is 0.320 e. The molecule has 6 nitrogen and oxygen atoms in total. The van der Waals surface area contributed by atoms with Crippen LogP contribution in [0.3, 0.4) is 0 Å². The molecule has 114 valence electrons. The maximum Gasteiger partial charge on any atom is 0.320 e. The van der Waals surface area contributed by atoms with Gasteiger partial charge in [0, 0.05) is 39.2 Å². The monoisotopic (exact) mass is 284 g/mol. The lowest BCUT2D eigenvalue weighted by atomic mass is 9.96. The molecule has 1 atom stereocenters. The predicted molar refractivity (Wildman–Crippen MR) is 73.5 cm³/mol. The number of amides is 2. The Kier molecular flexibility index (Phi) is 5.23. The highest BCUT2D eigenvalue weighted by molar-refractivity contribution is 5.75. The highest BCUT2D eigenvalue weighted by atomic mass is 16.5. The third-order valence-corrected chi connectivity index (χ3v) is 4.31. The van der Waals surface area contributed by atoms with Gasteiger partial charge in [-0.05, 0) is 25.7 Å². The van der Waals surface area contributed by atoms with Crippen molar-refractivity contribution in [3.8, 4) is 0 Å². The fraction of sp³-hybridized carbons (Fsp3) is 0.857. The number of carbonyl (C=O) groups is 2. The lowest BCUT2D eigenvalue weighted by Crippen LogP contribution is -2.50. The minimum Gasteiger partial charge on any atom is -0.481 e. The molecule has 0 radical (unpaired) electrons. The third kappa shape index (κ3) is 3.62. The zero-order chi connectivity index (χ0) is 14.5. The molecule has 6 heteroatoms. The standard InChI is InChI=1S/C14H24N2O4/c1-20-10-11-3-2-6-16(9-11)14(19)15-7-4-12(5-8-15)13(17)18/h11-12H,2-10H2,1H3,(H,17,18). The summed E-state index contributed by atoms with van der Waals surface area (Å²) in [5, 5.41) is 8.98. The summed E-state index contributed by atoms with van der Waals surface area (Å²) in [7, 11) is 1.69. The first-order chi connectivity index (χ1) is 9.61. The number of ether oxygens (including phenoxy) is 1. The fourth-order valence-electron chi connectivity index (χ4n) is 3.13. The number of carboxylic acid groups (broad SMARTS) is 1. The van der Waals surface area contributed by atoms with Gasteiger partial charge in [-0.1, -0.05) is 0 Å². The van der Waals surface area contributed by atoms with Crippen molar-refractivity contribution >= 4 is 12.0 Å². The van der Waals surface area contributed by atoms with Crippen molar-refractivity contribution in [1.82, 2.24) is 9.80 Å². The van der Waals surface area contributed by atoms with Gasteiger partial charge in [0.1, 0.15) is 0 Å². The van der Waals surface area contributed by atoms with Crippen molar-refractivity contribution in [1.29, 1.82) is 0 Å². The molecule has 0 spiro atoms. The SMILES string of the molecule is COCC1CCCN(C(=O)N2CCC(C(=O)O)CC2)C1. The van der Waals surface area contributed by atoms with Gasteiger partial charge in [-0.3, -0.25) is 4.79 Å². The summed E-state index contributed by atoms with van der Waals surface area (Å²) >= 11 is 0. The highest BCUT2D eigenvalue weighted by Crippen LogP contribution is 2.22. The predicted octanol–water partition coefficient (Wildman–Crippen LogP) is 1.26. The van der Waals surface area contributed by atoms with Gasteiger partial charge in [0.05, 0.1) is 12.5 Å². The maximum absolute atomic E-state index is 12.4. The highest BCUT2D eigenvalue weighted by Gasteiger charge is 2.31. The first-order valence-electron chi connectivity index (χ1n) is 7.37. The lowest BCUT2D eigenvalue weighted by Gasteiger charge is -2.38. The van der Waals surface area contributed by atoms with E-state index in [-0.39, 0.29) is 11.9 Å². The fourth-order valence-corrected chi connectivity index (χ4v) is 3.13. The third-order valence-electron chi connectivity index (χ3n) is 4.31. The van der Waals surface area contributed by atoms with E-state index in [2.05, 4.69) is 0 Å². The van der Waals surface area contributed by atoms with Crippen molar-refractivity contribution in [3.63, 3.8) is 0 Å². The van der Waals surface area contributed by atoms with Crippen molar-refractivity contribution in [2.24, 2.45) is 11.8 Å². The van der Waals surface area contributed by atoms with Crippen LogP contribution in [0.1, 0.15) is 25.7 Å². The summed E-state index contributed by atoms with van der Waals surface area (Å²) in [6.07, 6.45) is 3.26. The Morgan fingerprint density at radius 1 is 1.15 bits per heavy atom. The Morgan fingerprint density at radius 3 is 2.45 bits per heavy atom. The summed E-state index contributed by atoms with van der Waals surface area (Å²) < 4.78 is 5.18. The molecule has 2 fully saturated rings. The van der Waals surface area contributed by atoms with E-state index in [0.29, 0.717) is 38.5 Å². The van der Waals surface area contributed by atoms with Gasteiger partial charge in [0.15, 0.2) is 0 Å². The first kappa shape index (κ1) is 15.1. The molecule has 0 saturated carbocycles. The summed E-state index contributed by atoms with van der Waals surface area (Å²) in [5.41, 5.74) is 0. The van der Waals surface area contributed by atoms with Crippen LogP contribution in [-0.4, -0.2) is 66.8 Å². The minimum atomic E-state index is -0.741. The number of likely N-dealkylation sites (tertiary alicyclic amines) is 2. The second-order valence-corrected chi connectivity index (χ2v) is 5.79. The Morgan fingerprint density at radius 2 is 1.85 bits per heavy atom. The van der Waals surface area contributed by atoms with Crippen LogP contribution in [0, 0.1) is 11.8 Å². The van der Waals surface area contributed by atoms with E-state index in [1.54, 1.807) is 12.0 Å². The van der Waals surface area contributed by atoms with Crippen LogP contribution in [0.25, 0.3) is 0 Å². The van der Waals surface area contributed by atoms with E-state index < -0.39 is 5.97 Å². The van der Waals surface area contributed by atoms with Crippen molar-refractivity contribution in [3.05, 3.63) is 0 Å². The molecule has 0 aliphatic carbocycles. The number of piperidine rings is 2. The van der Waals surface area contributed by atoms with E-state index in [4.69, 9.17) is 9.84 Å². The molecule has 0 bridgehead atoms. The van der Waals surface area contributed by atoms with E-state index in [9.17, 15) is 9.59 Å². The molecule has 20 heavy (non-hydrogen) atoms. The second-order valence-electron chi connectivity index (χ2n) is 5.79. The molecule has 2 amide bonds. The van der Waals surface area contributed by atoms with E-state index in [1.165, 1.54) is 0 Å². The van der Waals surface area contributed by atoms with E-state index >= 15 is 0 Å². The number of hydrogen-bond donors (Lipinski definition) is 1. The Labute approximate surface area is 119 Å². The number of aliphatic carboxylic acids is 1. The number of hydrogen-bond acceptors (Lipinski definition) is 3. The molecule has 2 rings (SSSR count).